The fourth-order valence-electron chi connectivity index (χ4n) is 2.65. The number of likely N-dealkylation sites (tertiary alicyclic amines) is 1. The third-order valence-electron chi connectivity index (χ3n) is 3.64. The number of aliphatic hydroxyl groups is 1. The molecule has 0 bridgehead atoms. The van der Waals surface area contributed by atoms with E-state index in [9.17, 15) is 5.11 Å². The maximum atomic E-state index is 9.26. The van der Waals surface area contributed by atoms with Gasteiger partial charge in [-0.3, -0.25) is 4.90 Å². The maximum absolute atomic E-state index is 9.26. The molecule has 2 atom stereocenters. The van der Waals surface area contributed by atoms with Crippen LogP contribution in [0.4, 0.5) is 0 Å². The number of hydrogen-bond donors (Lipinski definition) is 2. The van der Waals surface area contributed by atoms with Crippen LogP contribution in [-0.4, -0.2) is 42.3 Å². The van der Waals surface area contributed by atoms with Gasteiger partial charge >= 0.3 is 0 Å². The standard InChI is InChI=1S/C12H26N2O/c1-3-6-12(2,9-13)10-14-7-4-5-11(14)8-15/h11,15H,3-10,13H2,1-2H3. The Balaban J connectivity index is 2.50. The summed E-state index contributed by atoms with van der Waals surface area (Å²) < 4.78 is 0. The second kappa shape index (κ2) is 5.83. The minimum absolute atomic E-state index is 0.229. The Morgan fingerprint density at radius 1 is 1.53 bits per heavy atom. The smallest absolute Gasteiger partial charge is 0.0586 e. The van der Waals surface area contributed by atoms with Crippen LogP contribution >= 0.6 is 0 Å². The molecule has 0 aliphatic carbocycles. The summed E-state index contributed by atoms with van der Waals surface area (Å²) in [6, 6.07) is 0.382. The lowest BCUT2D eigenvalue weighted by Crippen LogP contribution is -2.43. The van der Waals surface area contributed by atoms with Gasteiger partial charge in [0.1, 0.15) is 0 Å². The quantitative estimate of drug-likeness (QED) is 0.698. The van der Waals surface area contributed by atoms with Crippen LogP contribution in [0.1, 0.15) is 39.5 Å². The highest BCUT2D eigenvalue weighted by molar-refractivity contribution is 4.85. The summed E-state index contributed by atoms with van der Waals surface area (Å²) in [6.07, 6.45) is 4.73. The molecule has 3 heteroatoms. The van der Waals surface area contributed by atoms with Crippen molar-refractivity contribution >= 4 is 0 Å². The highest BCUT2D eigenvalue weighted by Gasteiger charge is 2.31. The van der Waals surface area contributed by atoms with Gasteiger partial charge in [0.2, 0.25) is 0 Å². The largest absolute Gasteiger partial charge is 0.395 e. The first-order chi connectivity index (χ1) is 7.15. The molecular weight excluding hydrogens is 188 g/mol. The van der Waals surface area contributed by atoms with Gasteiger partial charge in [0.05, 0.1) is 6.61 Å². The Labute approximate surface area is 93.6 Å². The van der Waals surface area contributed by atoms with Crippen LogP contribution in [0.15, 0.2) is 0 Å². The van der Waals surface area contributed by atoms with Crippen LogP contribution in [0.5, 0.6) is 0 Å². The molecule has 0 aromatic heterocycles. The lowest BCUT2D eigenvalue weighted by molar-refractivity contribution is 0.108. The fraction of sp³-hybridized carbons (Fsp3) is 1.00. The third kappa shape index (κ3) is 3.44. The second-order valence-corrected chi connectivity index (χ2v) is 5.21. The predicted molar refractivity (Wildman–Crippen MR) is 63.8 cm³/mol. The van der Waals surface area contributed by atoms with Crippen LogP contribution in [-0.2, 0) is 0 Å². The van der Waals surface area contributed by atoms with E-state index in [2.05, 4.69) is 18.7 Å². The number of hydrogen-bond acceptors (Lipinski definition) is 3. The van der Waals surface area contributed by atoms with Crippen molar-refractivity contribution in [1.29, 1.82) is 0 Å². The minimum atomic E-state index is 0.229. The van der Waals surface area contributed by atoms with Crippen molar-refractivity contribution in [3.63, 3.8) is 0 Å². The van der Waals surface area contributed by atoms with Gasteiger partial charge in [-0.25, -0.2) is 0 Å². The first kappa shape index (κ1) is 12.9. The Morgan fingerprint density at radius 2 is 2.27 bits per heavy atom. The van der Waals surface area contributed by atoms with Gasteiger partial charge in [0.25, 0.3) is 0 Å². The van der Waals surface area contributed by atoms with Crippen LogP contribution in [0.3, 0.4) is 0 Å². The molecule has 90 valence electrons. The van der Waals surface area contributed by atoms with Crippen molar-refractivity contribution in [2.45, 2.75) is 45.6 Å². The summed E-state index contributed by atoms with van der Waals surface area (Å²) in [7, 11) is 0. The van der Waals surface area contributed by atoms with E-state index in [1.807, 2.05) is 0 Å². The summed E-state index contributed by atoms with van der Waals surface area (Å²) in [6.45, 7) is 7.69. The summed E-state index contributed by atoms with van der Waals surface area (Å²) in [5.74, 6) is 0. The zero-order valence-electron chi connectivity index (χ0n) is 10.2. The van der Waals surface area contributed by atoms with Crippen molar-refractivity contribution in [3.8, 4) is 0 Å². The SMILES string of the molecule is CCCC(C)(CN)CN1CCCC1CO. The van der Waals surface area contributed by atoms with E-state index in [0.717, 1.165) is 26.1 Å². The number of aliphatic hydroxyl groups excluding tert-OH is 1. The highest BCUT2D eigenvalue weighted by Crippen LogP contribution is 2.27. The summed E-state index contributed by atoms with van der Waals surface area (Å²) in [5, 5.41) is 9.26. The van der Waals surface area contributed by atoms with Crippen molar-refractivity contribution in [2.24, 2.45) is 11.1 Å². The Kier molecular flexibility index (Phi) is 5.03. The molecule has 1 aliphatic heterocycles. The third-order valence-corrected chi connectivity index (χ3v) is 3.64. The van der Waals surface area contributed by atoms with E-state index in [1.54, 1.807) is 0 Å². The van der Waals surface area contributed by atoms with Gasteiger partial charge in [0, 0.05) is 12.6 Å². The maximum Gasteiger partial charge on any atom is 0.0586 e. The molecule has 0 saturated carbocycles. The first-order valence-electron chi connectivity index (χ1n) is 6.20. The van der Waals surface area contributed by atoms with Crippen molar-refractivity contribution in [2.75, 3.05) is 26.2 Å². The van der Waals surface area contributed by atoms with Gasteiger partial charge in [-0.2, -0.15) is 0 Å². The molecule has 0 aromatic carbocycles. The zero-order chi connectivity index (χ0) is 11.3. The molecule has 0 radical (unpaired) electrons. The summed E-state index contributed by atoms with van der Waals surface area (Å²) in [4.78, 5) is 2.42. The zero-order valence-corrected chi connectivity index (χ0v) is 10.2. The molecular formula is C12H26N2O. The van der Waals surface area contributed by atoms with Crippen LogP contribution in [0.25, 0.3) is 0 Å². The van der Waals surface area contributed by atoms with Gasteiger partial charge in [-0.05, 0) is 37.8 Å². The predicted octanol–water partition coefficient (Wildman–Crippen LogP) is 1.21. The Hall–Kier alpha value is -0.120. The van der Waals surface area contributed by atoms with Crippen LogP contribution < -0.4 is 5.73 Å². The van der Waals surface area contributed by atoms with Crippen molar-refractivity contribution < 1.29 is 5.11 Å². The van der Waals surface area contributed by atoms with Gasteiger partial charge in [-0.1, -0.05) is 20.3 Å². The molecule has 3 N–H and O–H groups in total. The molecule has 0 amide bonds. The van der Waals surface area contributed by atoms with Crippen molar-refractivity contribution in [3.05, 3.63) is 0 Å². The van der Waals surface area contributed by atoms with E-state index < -0.39 is 0 Å². The minimum Gasteiger partial charge on any atom is -0.395 e. The number of nitrogens with two attached hydrogens (primary N) is 1. The number of nitrogens with zero attached hydrogens (tertiary/aromatic N) is 1. The average molecular weight is 214 g/mol. The lowest BCUT2D eigenvalue weighted by Gasteiger charge is -2.35. The van der Waals surface area contributed by atoms with Crippen molar-refractivity contribution in [1.82, 2.24) is 4.90 Å². The lowest BCUT2D eigenvalue weighted by atomic mass is 9.85. The van der Waals surface area contributed by atoms with E-state index in [0.29, 0.717) is 12.6 Å². The molecule has 1 rings (SSSR count). The normalized spacial score (nSPS) is 26.8. The molecule has 1 heterocycles. The summed E-state index contributed by atoms with van der Waals surface area (Å²) in [5.41, 5.74) is 6.10. The molecule has 1 aliphatic rings. The first-order valence-corrected chi connectivity index (χ1v) is 6.20. The highest BCUT2D eigenvalue weighted by atomic mass is 16.3. The summed E-state index contributed by atoms with van der Waals surface area (Å²) >= 11 is 0. The van der Waals surface area contributed by atoms with Gasteiger partial charge in [-0.15, -0.1) is 0 Å². The van der Waals surface area contributed by atoms with E-state index in [1.165, 1.54) is 19.3 Å². The van der Waals surface area contributed by atoms with E-state index in [4.69, 9.17) is 5.73 Å². The fourth-order valence-corrected chi connectivity index (χ4v) is 2.65. The molecule has 15 heavy (non-hydrogen) atoms. The number of rotatable bonds is 6. The molecule has 0 spiro atoms. The average Bonchev–Trinajstić information content (AvgIpc) is 2.65. The van der Waals surface area contributed by atoms with Gasteiger partial charge < -0.3 is 10.8 Å². The molecule has 1 fully saturated rings. The molecule has 1 saturated heterocycles. The van der Waals surface area contributed by atoms with Crippen LogP contribution in [0, 0.1) is 5.41 Å². The Morgan fingerprint density at radius 3 is 2.80 bits per heavy atom. The van der Waals surface area contributed by atoms with Crippen LogP contribution in [0.2, 0.25) is 0 Å². The monoisotopic (exact) mass is 214 g/mol. The molecule has 2 unspecified atom stereocenters. The second-order valence-electron chi connectivity index (χ2n) is 5.21. The van der Waals surface area contributed by atoms with E-state index in [-0.39, 0.29) is 5.41 Å². The molecule has 0 aromatic rings. The Bertz CT molecular complexity index is 186. The molecule has 3 nitrogen and oxygen atoms in total. The van der Waals surface area contributed by atoms with Gasteiger partial charge in [0.15, 0.2) is 0 Å². The topological polar surface area (TPSA) is 49.5 Å². The van der Waals surface area contributed by atoms with E-state index >= 15 is 0 Å².